The summed E-state index contributed by atoms with van der Waals surface area (Å²) in [5.41, 5.74) is 1.07. The Bertz CT molecular complexity index is 941. The molecule has 1 N–H and O–H groups in total. The van der Waals surface area contributed by atoms with Crippen molar-refractivity contribution in [3.8, 4) is 11.5 Å². The van der Waals surface area contributed by atoms with Crippen LogP contribution in [0.1, 0.15) is 54.4 Å². The van der Waals surface area contributed by atoms with Gasteiger partial charge in [0.15, 0.2) is 11.5 Å². The van der Waals surface area contributed by atoms with E-state index in [1.807, 2.05) is 23.1 Å². The molecule has 0 unspecified atom stereocenters. The van der Waals surface area contributed by atoms with Gasteiger partial charge in [-0.3, -0.25) is 9.59 Å². The van der Waals surface area contributed by atoms with Crippen molar-refractivity contribution in [3.63, 3.8) is 0 Å². The van der Waals surface area contributed by atoms with Gasteiger partial charge in [-0.25, -0.2) is 0 Å². The van der Waals surface area contributed by atoms with Crippen LogP contribution >= 0.6 is 0 Å². The smallest absolute Gasteiger partial charge is 0.257 e. The average Bonchev–Trinajstić information content (AvgIpc) is 3.52. The van der Waals surface area contributed by atoms with Gasteiger partial charge in [0.2, 0.25) is 5.91 Å². The van der Waals surface area contributed by atoms with Crippen molar-refractivity contribution in [1.29, 1.82) is 0 Å². The fraction of sp³-hybridized carbons (Fsp3) is 0.500. The fourth-order valence-electron chi connectivity index (χ4n) is 5.09. The number of carbonyl (C=O) groups excluding carboxylic acids is 2. The van der Waals surface area contributed by atoms with E-state index in [0.717, 1.165) is 55.6 Å². The Hall–Kier alpha value is -2.96. The number of rotatable bonds is 4. The van der Waals surface area contributed by atoms with Gasteiger partial charge in [0, 0.05) is 19.1 Å². The van der Waals surface area contributed by atoms with Gasteiger partial charge in [0.05, 0.1) is 17.2 Å². The van der Waals surface area contributed by atoms with E-state index >= 15 is 0 Å². The number of furan rings is 1. The second-order valence-corrected chi connectivity index (χ2v) is 8.70. The molecule has 164 valence electrons. The topological polar surface area (TPSA) is 81.0 Å². The number of carbonyl (C=O) groups is 2. The molecule has 1 aromatic carbocycles. The van der Waals surface area contributed by atoms with Crippen LogP contribution < -0.4 is 14.8 Å². The summed E-state index contributed by atoms with van der Waals surface area (Å²) in [6.07, 6.45) is 8.28. The number of hydrogen-bond donors (Lipinski definition) is 1. The molecule has 0 atom stereocenters. The van der Waals surface area contributed by atoms with Gasteiger partial charge in [0.1, 0.15) is 19.5 Å². The Morgan fingerprint density at radius 2 is 1.74 bits per heavy atom. The lowest BCUT2D eigenvalue weighted by molar-refractivity contribution is -0.127. The first-order chi connectivity index (χ1) is 15.2. The van der Waals surface area contributed by atoms with Gasteiger partial charge in [-0.05, 0) is 49.4 Å². The van der Waals surface area contributed by atoms with Crippen molar-refractivity contribution in [2.24, 2.45) is 0 Å². The number of nitrogens with one attached hydrogen (secondary N) is 1. The Morgan fingerprint density at radius 1 is 1.00 bits per heavy atom. The number of ether oxygens (including phenoxy) is 2. The number of likely N-dealkylation sites (tertiary alicyclic amines) is 1. The molecule has 3 heterocycles. The Kier molecular flexibility index (Phi) is 5.34. The van der Waals surface area contributed by atoms with E-state index in [1.165, 1.54) is 12.5 Å². The molecule has 2 amide bonds. The van der Waals surface area contributed by atoms with E-state index in [1.54, 1.807) is 6.07 Å². The first-order valence-corrected chi connectivity index (χ1v) is 11.2. The number of hydrogen-bond acceptors (Lipinski definition) is 5. The molecule has 31 heavy (non-hydrogen) atoms. The molecule has 5 rings (SSSR count). The standard InChI is InChI=1S/C24H28N2O5/c27-22(17-7-12-29-16-17)26-10-5-19(6-11-26)25-23(28)24(8-1-2-9-24)18-3-4-20-21(15-18)31-14-13-30-20/h3-4,7,12,15-16,19H,1-2,5-6,8-11,13-14H2,(H,25,28). The van der Waals surface area contributed by atoms with E-state index in [-0.39, 0.29) is 17.9 Å². The zero-order valence-corrected chi connectivity index (χ0v) is 17.6. The van der Waals surface area contributed by atoms with Crippen molar-refractivity contribution < 1.29 is 23.5 Å². The number of nitrogens with zero attached hydrogens (tertiary/aromatic N) is 1. The molecule has 7 nitrogen and oxygen atoms in total. The highest BCUT2D eigenvalue weighted by atomic mass is 16.6. The van der Waals surface area contributed by atoms with Crippen molar-refractivity contribution in [2.45, 2.75) is 50.0 Å². The van der Waals surface area contributed by atoms with Gasteiger partial charge >= 0.3 is 0 Å². The maximum atomic E-state index is 13.5. The predicted octanol–water partition coefficient (Wildman–Crippen LogP) is 3.28. The van der Waals surface area contributed by atoms with Crippen LogP contribution in [0.15, 0.2) is 41.2 Å². The molecule has 7 heteroatoms. The third kappa shape index (κ3) is 3.77. The maximum Gasteiger partial charge on any atom is 0.257 e. The van der Waals surface area contributed by atoms with Gasteiger partial charge in [-0.15, -0.1) is 0 Å². The van der Waals surface area contributed by atoms with Crippen LogP contribution in [0.2, 0.25) is 0 Å². The monoisotopic (exact) mass is 424 g/mol. The first-order valence-electron chi connectivity index (χ1n) is 11.2. The van der Waals surface area contributed by atoms with Crippen LogP contribution in [0.3, 0.4) is 0 Å². The maximum absolute atomic E-state index is 13.5. The number of benzene rings is 1. The van der Waals surface area contributed by atoms with E-state index < -0.39 is 5.41 Å². The van der Waals surface area contributed by atoms with Crippen molar-refractivity contribution in [2.75, 3.05) is 26.3 Å². The molecule has 1 saturated carbocycles. The lowest BCUT2D eigenvalue weighted by atomic mass is 9.77. The van der Waals surface area contributed by atoms with Crippen LogP contribution in [-0.2, 0) is 10.2 Å². The van der Waals surface area contributed by atoms with Gasteiger partial charge in [-0.1, -0.05) is 18.9 Å². The zero-order chi connectivity index (χ0) is 21.3. The molecule has 2 fully saturated rings. The van der Waals surface area contributed by atoms with E-state index in [4.69, 9.17) is 13.9 Å². The minimum absolute atomic E-state index is 0.0120. The van der Waals surface area contributed by atoms with E-state index in [9.17, 15) is 9.59 Å². The van der Waals surface area contributed by atoms with Gasteiger partial charge in [-0.2, -0.15) is 0 Å². The molecule has 0 radical (unpaired) electrons. The lowest BCUT2D eigenvalue weighted by Gasteiger charge is -2.35. The van der Waals surface area contributed by atoms with E-state index in [2.05, 4.69) is 5.32 Å². The molecule has 1 aromatic heterocycles. The molecular formula is C24H28N2O5. The van der Waals surface area contributed by atoms with Crippen LogP contribution in [0, 0.1) is 0 Å². The molecule has 3 aliphatic rings. The Balaban J connectivity index is 1.26. The van der Waals surface area contributed by atoms with Crippen LogP contribution in [0.5, 0.6) is 11.5 Å². The number of fused-ring (bicyclic) bond motifs is 1. The van der Waals surface area contributed by atoms with Gasteiger partial charge in [0.25, 0.3) is 5.91 Å². The third-order valence-corrected chi connectivity index (χ3v) is 6.87. The molecule has 2 aromatic rings. The quantitative estimate of drug-likeness (QED) is 0.815. The summed E-state index contributed by atoms with van der Waals surface area (Å²) in [5.74, 6) is 1.57. The molecule has 1 aliphatic carbocycles. The summed E-state index contributed by atoms with van der Waals surface area (Å²) < 4.78 is 16.4. The van der Waals surface area contributed by atoms with Crippen molar-refractivity contribution in [3.05, 3.63) is 47.9 Å². The third-order valence-electron chi connectivity index (χ3n) is 6.87. The molecular weight excluding hydrogens is 396 g/mol. The van der Waals surface area contributed by atoms with E-state index in [0.29, 0.717) is 31.9 Å². The summed E-state index contributed by atoms with van der Waals surface area (Å²) in [6.45, 7) is 2.35. The van der Waals surface area contributed by atoms with Crippen LogP contribution in [0.25, 0.3) is 0 Å². The fourth-order valence-corrected chi connectivity index (χ4v) is 5.09. The van der Waals surface area contributed by atoms with Crippen LogP contribution in [-0.4, -0.2) is 49.1 Å². The average molecular weight is 424 g/mol. The lowest BCUT2D eigenvalue weighted by Crippen LogP contribution is -2.51. The second kappa shape index (κ2) is 8.29. The molecule has 2 aliphatic heterocycles. The van der Waals surface area contributed by atoms with Crippen LogP contribution in [0.4, 0.5) is 0 Å². The minimum Gasteiger partial charge on any atom is -0.486 e. The highest BCUT2D eigenvalue weighted by molar-refractivity contribution is 5.94. The first kappa shape index (κ1) is 20.0. The van der Waals surface area contributed by atoms with Crippen molar-refractivity contribution >= 4 is 11.8 Å². The minimum atomic E-state index is -0.514. The van der Waals surface area contributed by atoms with Crippen molar-refractivity contribution in [1.82, 2.24) is 10.2 Å². The zero-order valence-electron chi connectivity index (χ0n) is 17.6. The second-order valence-electron chi connectivity index (χ2n) is 8.70. The summed E-state index contributed by atoms with van der Waals surface area (Å²) >= 11 is 0. The molecule has 0 bridgehead atoms. The summed E-state index contributed by atoms with van der Waals surface area (Å²) in [7, 11) is 0. The summed E-state index contributed by atoms with van der Waals surface area (Å²) in [6, 6.07) is 7.70. The van der Waals surface area contributed by atoms with Gasteiger partial charge < -0.3 is 24.1 Å². The highest BCUT2D eigenvalue weighted by Gasteiger charge is 2.44. The Labute approximate surface area is 181 Å². The number of piperidine rings is 1. The summed E-state index contributed by atoms with van der Waals surface area (Å²) in [5, 5.41) is 3.31. The highest BCUT2D eigenvalue weighted by Crippen LogP contribution is 2.44. The largest absolute Gasteiger partial charge is 0.486 e. The predicted molar refractivity (Wildman–Crippen MR) is 113 cm³/mol. The summed E-state index contributed by atoms with van der Waals surface area (Å²) in [4.78, 5) is 27.9. The normalized spacial score (nSPS) is 20.5. The Morgan fingerprint density at radius 3 is 2.45 bits per heavy atom. The number of amides is 2. The SMILES string of the molecule is O=C(c1ccoc1)N1CCC(NC(=O)C2(c3ccc4c(c3)OCCO4)CCCC2)CC1. The molecule has 1 saturated heterocycles. The molecule has 0 spiro atoms.